The van der Waals surface area contributed by atoms with Gasteiger partial charge in [-0.15, -0.1) is 0 Å². The molecule has 0 saturated heterocycles. The summed E-state index contributed by atoms with van der Waals surface area (Å²) >= 11 is 0. The van der Waals surface area contributed by atoms with E-state index >= 15 is 0 Å². The summed E-state index contributed by atoms with van der Waals surface area (Å²) in [6.07, 6.45) is 0. The predicted octanol–water partition coefficient (Wildman–Crippen LogP) is 12.8. The first-order valence-corrected chi connectivity index (χ1v) is 15.7. The van der Waals surface area contributed by atoms with Gasteiger partial charge in [-0.25, -0.2) is 0 Å². The zero-order valence-corrected chi connectivity index (χ0v) is 24.8. The fourth-order valence-electron chi connectivity index (χ4n) is 7.53. The van der Waals surface area contributed by atoms with Crippen LogP contribution < -0.4 is 0 Å². The lowest BCUT2D eigenvalue weighted by molar-refractivity contribution is 0.631. The lowest BCUT2D eigenvalue weighted by atomic mass is 9.83. The van der Waals surface area contributed by atoms with Crippen LogP contribution in [0.1, 0.15) is 0 Å². The van der Waals surface area contributed by atoms with Crippen LogP contribution in [-0.2, 0) is 0 Å². The van der Waals surface area contributed by atoms with Crippen LogP contribution in [0.2, 0.25) is 0 Å². The molecule has 214 valence electrons. The first kappa shape index (κ1) is 25.2. The van der Waals surface area contributed by atoms with Crippen molar-refractivity contribution in [1.82, 2.24) is 0 Å². The van der Waals surface area contributed by atoms with Crippen molar-refractivity contribution in [2.45, 2.75) is 0 Å². The van der Waals surface area contributed by atoms with Gasteiger partial charge in [-0.05, 0) is 61.6 Å². The lowest BCUT2D eigenvalue weighted by Gasteiger charge is -2.19. The molecule has 46 heavy (non-hydrogen) atoms. The molecule has 10 rings (SSSR count). The number of para-hydroxylation sites is 1. The minimum Gasteiger partial charge on any atom is -0.455 e. The van der Waals surface area contributed by atoms with Gasteiger partial charge < -0.3 is 8.83 Å². The van der Waals surface area contributed by atoms with Crippen LogP contribution in [-0.4, -0.2) is 0 Å². The second-order valence-electron chi connectivity index (χ2n) is 12.0. The molecule has 0 saturated carbocycles. The molecule has 0 atom stereocenters. The third-order valence-electron chi connectivity index (χ3n) is 9.47. The van der Waals surface area contributed by atoms with Crippen LogP contribution in [0.4, 0.5) is 0 Å². The summed E-state index contributed by atoms with van der Waals surface area (Å²) in [5, 5.41) is 10.4. The van der Waals surface area contributed by atoms with E-state index in [4.69, 9.17) is 8.83 Å². The quantitative estimate of drug-likeness (QED) is 0.193. The molecule has 0 bridgehead atoms. The van der Waals surface area contributed by atoms with E-state index in [0.29, 0.717) is 0 Å². The smallest absolute Gasteiger partial charge is 0.147 e. The average Bonchev–Trinajstić information content (AvgIpc) is 3.70. The van der Waals surface area contributed by atoms with Crippen LogP contribution in [0.5, 0.6) is 0 Å². The molecule has 0 N–H and O–H groups in total. The van der Waals surface area contributed by atoms with Crippen molar-refractivity contribution in [3.63, 3.8) is 0 Å². The van der Waals surface area contributed by atoms with Crippen molar-refractivity contribution in [2.24, 2.45) is 0 Å². The zero-order chi connectivity index (χ0) is 30.2. The van der Waals surface area contributed by atoms with E-state index in [1.807, 2.05) is 18.2 Å². The Bertz CT molecular complexity index is 2740. The van der Waals surface area contributed by atoms with Gasteiger partial charge in [-0.3, -0.25) is 0 Å². The highest BCUT2D eigenvalue weighted by atomic mass is 16.3. The number of rotatable bonds is 3. The molecule has 2 heterocycles. The molecule has 2 heteroatoms. The molecular weight excluding hydrogens is 560 g/mol. The number of benzene rings is 8. The Hall–Kier alpha value is -6.12. The Kier molecular flexibility index (Phi) is 5.31. The summed E-state index contributed by atoms with van der Waals surface area (Å²) in [6, 6.07) is 55.9. The minimum atomic E-state index is 0.812. The third-order valence-corrected chi connectivity index (χ3v) is 9.47. The fourth-order valence-corrected chi connectivity index (χ4v) is 7.53. The van der Waals surface area contributed by atoms with Gasteiger partial charge in [0.1, 0.15) is 22.5 Å². The van der Waals surface area contributed by atoms with E-state index in [0.717, 1.165) is 55.4 Å². The molecule has 0 amide bonds. The molecule has 0 aliphatic heterocycles. The predicted molar refractivity (Wildman–Crippen MR) is 192 cm³/mol. The topological polar surface area (TPSA) is 26.3 Å². The van der Waals surface area contributed by atoms with E-state index in [-0.39, 0.29) is 0 Å². The van der Waals surface area contributed by atoms with Crippen LogP contribution in [0.3, 0.4) is 0 Å². The summed E-state index contributed by atoms with van der Waals surface area (Å²) in [4.78, 5) is 0. The largest absolute Gasteiger partial charge is 0.455 e. The summed E-state index contributed by atoms with van der Waals surface area (Å²) in [5.74, 6) is 0.844. The molecule has 8 aromatic carbocycles. The highest BCUT2D eigenvalue weighted by molar-refractivity contribution is 6.29. The maximum Gasteiger partial charge on any atom is 0.147 e. The summed E-state index contributed by atoms with van der Waals surface area (Å²) in [6.45, 7) is 0. The van der Waals surface area contributed by atoms with Gasteiger partial charge in [0, 0.05) is 27.5 Å². The summed E-state index contributed by atoms with van der Waals surface area (Å²) in [7, 11) is 0. The Morgan fingerprint density at radius 1 is 0.326 bits per heavy atom. The van der Waals surface area contributed by atoms with E-state index in [2.05, 4.69) is 140 Å². The van der Waals surface area contributed by atoms with Crippen molar-refractivity contribution in [2.75, 3.05) is 0 Å². The van der Waals surface area contributed by atoms with Crippen LogP contribution >= 0.6 is 0 Å². The fraction of sp³-hybridized carbons (Fsp3) is 0. The lowest BCUT2D eigenvalue weighted by Crippen LogP contribution is -1.92. The van der Waals surface area contributed by atoms with Gasteiger partial charge in [-0.2, -0.15) is 0 Å². The van der Waals surface area contributed by atoms with Gasteiger partial charge in [0.05, 0.1) is 5.39 Å². The second-order valence-corrected chi connectivity index (χ2v) is 12.0. The zero-order valence-electron chi connectivity index (χ0n) is 24.8. The molecule has 0 aliphatic carbocycles. The minimum absolute atomic E-state index is 0.812. The molecule has 0 radical (unpaired) electrons. The van der Waals surface area contributed by atoms with Crippen LogP contribution in [0.15, 0.2) is 167 Å². The Morgan fingerprint density at radius 3 is 1.65 bits per heavy atom. The first-order valence-electron chi connectivity index (χ1n) is 15.7. The number of fused-ring (bicyclic) bond motifs is 8. The van der Waals surface area contributed by atoms with Crippen molar-refractivity contribution in [3.8, 4) is 33.6 Å². The normalized spacial score (nSPS) is 11.9. The van der Waals surface area contributed by atoms with Crippen molar-refractivity contribution >= 4 is 65.2 Å². The second kappa shape index (κ2) is 9.69. The number of furan rings is 2. The standard InChI is InChI=1S/C44H26O2/c1-2-14-28(15-3-1)43-42(41-38(46-43)26-25-36-30-18-10-11-24-37(30)45-44(36)41)40-34-21-8-6-19-32(34)39(33-20-7-9-22-35(33)40)31-23-12-16-27-13-4-5-17-29(27)31/h1-26H. The van der Waals surface area contributed by atoms with Gasteiger partial charge in [-0.1, -0.05) is 140 Å². The number of hydrogen-bond donors (Lipinski definition) is 0. The van der Waals surface area contributed by atoms with Crippen molar-refractivity contribution in [3.05, 3.63) is 158 Å². The maximum atomic E-state index is 6.85. The molecule has 0 unspecified atom stereocenters. The van der Waals surface area contributed by atoms with Gasteiger partial charge in [0.2, 0.25) is 0 Å². The van der Waals surface area contributed by atoms with Gasteiger partial charge >= 0.3 is 0 Å². The molecule has 0 aliphatic rings. The highest BCUT2D eigenvalue weighted by Crippen LogP contribution is 2.52. The first-order chi connectivity index (χ1) is 22.8. The summed E-state index contributed by atoms with van der Waals surface area (Å²) in [5.41, 5.74) is 8.26. The highest BCUT2D eigenvalue weighted by Gasteiger charge is 2.27. The maximum absolute atomic E-state index is 6.85. The Balaban J connectivity index is 1.43. The van der Waals surface area contributed by atoms with Crippen LogP contribution in [0.25, 0.3) is 98.8 Å². The molecule has 2 nitrogen and oxygen atoms in total. The van der Waals surface area contributed by atoms with E-state index in [1.54, 1.807) is 0 Å². The SMILES string of the molecule is c1ccc(-c2oc3ccc4c5ccccc5oc4c3c2-c2c3ccccc3c(-c3cccc4ccccc34)c3ccccc23)cc1. The Labute approximate surface area is 264 Å². The average molecular weight is 587 g/mol. The van der Waals surface area contributed by atoms with Crippen molar-refractivity contribution in [1.29, 1.82) is 0 Å². The molecule has 10 aromatic rings. The van der Waals surface area contributed by atoms with Gasteiger partial charge in [0.15, 0.2) is 0 Å². The monoisotopic (exact) mass is 586 g/mol. The van der Waals surface area contributed by atoms with Crippen molar-refractivity contribution < 1.29 is 8.83 Å². The Morgan fingerprint density at radius 2 is 0.913 bits per heavy atom. The summed E-state index contributed by atoms with van der Waals surface area (Å²) < 4.78 is 13.5. The van der Waals surface area contributed by atoms with E-state index in [9.17, 15) is 0 Å². The van der Waals surface area contributed by atoms with Crippen LogP contribution in [0, 0.1) is 0 Å². The molecule has 2 aromatic heterocycles. The molecule has 0 spiro atoms. The molecule has 0 fully saturated rings. The number of hydrogen-bond acceptors (Lipinski definition) is 2. The van der Waals surface area contributed by atoms with E-state index in [1.165, 1.54) is 43.4 Å². The van der Waals surface area contributed by atoms with Gasteiger partial charge in [0.25, 0.3) is 0 Å². The van der Waals surface area contributed by atoms with E-state index < -0.39 is 0 Å². The molecular formula is C44H26O2. The third kappa shape index (κ3) is 3.53.